The average molecular weight is 453 g/mol. The lowest BCUT2D eigenvalue weighted by Gasteiger charge is -2.32. The Hall–Kier alpha value is -3.88. The van der Waals surface area contributed by atoms with E-state index in [-0.39, 0.29) is 36.9 Å². The zero-order chi connectivity index (χ0) is 23.6. The van der Waals surface area contributed by atoms with Gasteiger partial charge in [-0.2, -0.15) is 0 Å². The van der Waals surface area contributed by atoms with E-state index in [1.165, 1.54) is 0 Å². The molecule has 0 aliphatic carbocycles. The van der Waals surface area contributed by atoms with Crippen LogP contribution in [0.4, 0.5) is 4.79 Å². The van der Waals surface area contributed by atoms with Crippen LogP contribution in [0.1, 0.15) is 40.5 Å². The van der Waals surface area contributed by atoms with Crippen LogP contribution in [0.5, 0.6) is 5.75 Å². The molecular formula is C24H27N3O6. The van der Waals surface area contributed by atoms with E-state index >= 15 is 0 Å². The average Bonchev–Trinajstić information content (AvgIpc) is 2.84. The number of nitrogens with zero attached hydrogens (tertiary/aromatic N) is 1. The number of ether oxygens (including phenoxy) is 2. The summed E-state index contributed by atoms with van der Waals surface area (Å²) in [5.74, 6) is -0.394. The first-order valence-corrected chi connectivity index (χ1v) is 10.8. The molecule has 3 rings (SSSR count). The van der Waals surface area contributed by atoms with Crippen LogP contribution in [-0.2, 0) is 9.53 Å². The molecule has 0 radical (unpaired) electrons. The number of piperidine rings is 1. The van der Waals surface area contributed by atoms with Crippen LogP contribution >= 0.6 is 0 Å². The van der Waals surface area contributed by atoms with E-state index in [0.29, 0.717) is 42.8 Å². The lowest BCUT2D eigenvalue weighted by atomic mass is 10.0. The number of amides is 3. The van der Waals surface area contributed by atoms with E-state index in [4.69, 9.17) is 9.47 Å². The lowest BCUT2D eigenvalue weighted by Crippen LogP contribution is -2.48. The molecule has 2 aromatic rings. The largest absolute Gasteiger partial charge is 0.513 e. The first-order chi connectivity index (χ1) is 16.0. The van der Waals surface area contributed by atoms with Gasteiger partial charge in [-0.25, -0.2) is 4.79 Å². The number of carbonyl (C=O) groups is 4. The second kappa shape index (κ2) is 11.7. The molecule has 9 heteroatoms. The highest BCUT2D eigenvalue weighted by Crippen LogP contribution is 2.17. The molecule has 0 atom stereocenters. The number of hydrogen-bond acceptors (Lipinski definition) is 6. The minimum Gasteiger partial charge on any atom is -0.434 e. The molecule has 2 N–H and O–H groups in total. The molecular weight excluding hydrogens is 426 g/mol. The lowest BCUT2D eigenvalue weighted by molar-refractivity contribution is -0.121. The molecule has 174 valence electrons. The topological polar surface area (TPSA) is 114 Å². The zero-order valence-corrected chi connectivity index (χ0v) is 18.4. The summed E-state index contributed by atoms with van der Waals surface area (Å²) in [6.45, 7) is 2.80. The third-order valence-corrected chi connectivity index (χ3v) is 5.16. The van der Waals surface area contributed by atoms with Gasteiger partial charge in [-0.05, 0) is 56.2 Å². The summed E-state index contributed by atoms with van der Waals surface area (Å²) in [4.78, 5) is 50.0. The minimum absolute atomic E-state index is 0.0597. The Labute approximate surface area is 192 Å². The van der Waals surface area contributed by atoms with Crippen LogP contribution in [0.3, 0.4) is 0 Å². The Balaban J connectivity index is 1.41. The highest BCUT2D eigenvalue weighted by atomic mass is 16.7. The van der Waals surface area contributed by atoms with Crippen LogP contribution < -0.4 is 15.4 Å². The monoisotopic (exact) mass is 453 g/mol. The maximum Gasteiger partial charge on any atom is 0.513 e. The van der Waals surface area contributed by atoms with Crippen LogP contribution in [0.2, 0.25) is 0 Å². The molecule has 9 nitrogen and oxygen atoms in total. The van der Waals surface area contributed by atoms with Crippen molar-refractivity contribution in [2.45, 2.75) is 25.8 Å². The molecule has 1 aliphatic rings. The summed E-state index contributed by atoms with van der Waals surface area (Å²) >= 11 is 0. The first-order valence-electron chi connectivity index (χ1n) is 10.8. The fourth-order valence-corrected chi connectivity index (χ4v) is 3.45. The summed E-state index contributed by atoms with van der Waals surface area (Å²) in [6, 6.07) is 14.9. The Bertz CT molecular complexity index is 969. The third kappa shape index (κ3) is 7.06. The number of nitrogens with one attached hydrogen (secondary N) is 2. The third-order valence-electron chi connectivity index (χ3n) is 5.16. The number of carbonyl (C=O) groups excluding carboxylic acids is 4. The first kappa shape index (κ1) is 23.8. The SMILES string of the molecule is CCOC(=O)Oc1ccc(C(=O)N2CCC(NC(=O)CNC(=O)c3ccccc3)CC2)cc1. The molecule has 1 aliphatic heterocycles. The van der Waals surface area contributed by atoms with Crippen LogP contribution in [0, 0.1) is 0 Å². The molecule has 1 fully saturated rings. The van der Waals surface area contributed by atoms with Crippen molar-refractivity contribution < 1.29 is 28.7 Å². The van der Waals surface area contributed by atoms with Crippen LogP contribution in [0.15, 0.2) is 54.6 Å². The van der Waals surface area contributed by atoms with Crippen molar-refractivity contribution in [3.05, 3.63) is 65.7 Å². The van der Waals surface area contributed by atoms with Crippen LogP contribution in [0.25, 0.3) is 0 Å². The van der Waals surface area contributed by atoms with Gasteiger partial charge in [0.25, 0.3) is 11.8 Å². The second-order valence-corrected chi connectivity index (χ2v) is 7.49. The fourth-order valence-electron chi connectivity index (χ4n) is 3.45. The van der Waals surface area contributed by atoms with Crippen molar-refractivity contribution in [3.63, 3.8) is 0 Å². The van der Waals surface area contributed by atoms with Gasteiger partial charge in [0.05, 0.1) is 13.2 Å². The van der Waals surface area contributed by atoms with E-state index in [9.17, 15) is 19.2 Å². The molecule has 3 amide bonds. The molecule has 0 spiro atoms. The van der Waals surface area contributed by atoms with Gasteiger partial charge in [0.1, 0.15) is 5.75 Å². The van der Waals surface area contributed by atoms with Gasteiger partial charge < -0.3 is 25.0 Å². The number of likely N-dealkylation sites (tertiary alicyclic amines) is 1. The van der Waals surface area contributed by atoms with Gasteiger partial charge in [-0.1, -0.05) is 18.2 Å². The summed E-state index contributed by atoms with van der Waals surface area (Å²) in [6.07, 6.45) is 0.447. The number of benzene rings is 2. The van der Waals surface area contributed by atoms with E-state index in [2.05, 4.69) is 10.6 Å². The van der Waals surface area contributed by atoms with E-state index in [0.717, 1.165) is 0 Å². The predicted molar refractivity (Wildman–Crippen MR) is 120 cm³/mol. The van der Waals surface area contributed by atoms with Gasteiger partial charge in [0.2, 0.25) is 5.91 Å². The Kier molecular flexibility index (Phi) is 8.40. The Morgan fingerprint density at radius 3 is 2.24 bits per heavy atom. The summed E-state index contributed by atoms with van der Waals surface area (Å²) < 4.78 is 9.71. The molecule has 0 bridgehead atoms. The quantitative estimate of drug-likeness (QED) is 0.492. The maximum absolute atomic E-state index is 12.7. The molecule has 1 heterocycles. The molecule has 0 unspecified atom stereocenters. The van der Waals surface area contributed by atoms with Crippen molar-refractivity contribution in [1.29, 1.82) is 0 Å². The summed E-state index contributed by atoms with van der Waals surface area (Å²) in [7, 11) is 0. The van der Waals surface area contributed by atoms with Crippen molar-refractivity contribution in [1.82, 2.24) is 15.5 Å². The van der Waals surface area contributed by atoms with E-state index in [1.807, 2.05) is 6.07 Å². The van der Waals surface area contributed by atoms with E-state index in [1.54, 1.807) is 60.4 Å². The maximum atomic E-state index is 12.7. The van der Waals surface area contributed by atoms with Gasteiger partial charge in [0.15, 0.2) is 0 Å². The standard InChI is InChI=1S/C24H27N3O6/c1-2-32-24(31)33-20-10-8-18(9-11-20)23(30)27-14-12-19(13-15-27)26-21(28)16-25-22(29)17-6-4-3-5-7-17/h3-11,19H,2,12-16H2,1H3,(H,25,29)(H,26,28). The van der Waals surface area contributed by atoms with Gasteiger partial charge in [-0.15, -0.1) is 0 Å². The zero-order valence-electron chi connectivity index (χ0n) is 18.4. The summed E-state index contributed by atoms with van der Waals surface area (Å²) in [5, 5.41) is 5.51. The number of rotatable bonds is 7. The smallest absolute Gasteiger partial charge is 0.434 e. The number of hydrogen-bond donors (Lipinski definition) is 2. The van der Waals surface area contributed by atoms with Gasteiger partial charge >= 0.3 is 6.16 Å². The predicted octanol–water partition coefficient (Wildman–Crippen LogP) is 2.37. The van der Waals surface area contributed by atoms with E-state index < -0.39 is 6.16 Å². The minimum atomic E-state index is -0.791. The molecule has 0 aromatic heterocycles. The van der Waals surface area contributed by atoms with Crippen molar-refractivity contribution >= 4 is 23.9 Å². The second-order valence-electron chi connectivity index (χ2n) is 7.49. The van der Waals surface area contributed by atoms with Gasteiger partial charge in [-0.3, -0.25) is 14.4 Å². The molecule has 2 aromatic carbocycles. The molecule has 33 heavy (non-hydrogen) atoms. The van der Waals surface area contributed by atoms with Crippen LogP contribution in [-0.4, -0.2) is 61.1 Å². The van der Waals surface area contributed by atoms with Gasteiger partial charge in [0, 0.05) is 30.3 Å². The Morgan fingerprint density at radius 2 is 1.61 bits per heavy atom. The van der Waals surface area contributed by atoms with Crippen molar-refractivity contribution in [2.24, 2.45) is 0 Å². The molecule has 1 saturated heterocycles. The normalized spacial score (nSPS) is 13.7. The van der Waals surface area contributed by atoms with Crippen molar-refractivity contribution in [2.75, 3.05) is 26.2 Å². The Morgan fingerprint density at radius 1 is 0.939 bits per heavy atom. The highest BCUT2D eigenvalue weighted by Gasteiger charge is 2.25. The van der Waals surface area contributed by atoms with Crippen molar-refractivity contribution in [3.8, 4) is 5.75 Å². The fraction of sp³-hybridized carbons (Fsp3) is 0.333. The molecule has 0 saturated carbocycles. The highest BCUT2D eigenvalue weighted by molar-refractivity contribution is 5.96. The summed E-state index contributed by atoms with van der Waals surface area (Å²) in [5.41, 5.74) is 0.981.